The summed E-state index contributed by atoms with van der Waals surface area (Å²) in [7, 11) is 1.94. The number of carboxylic acid groups (broad SMARTS) is 1. The third kappa shape index (κ3) is 3.19. The Hall–Kier alpha value is -1.58. The Labute approximate surface area is 102 Å². The van der Waals surface area contributed by atoms with Crippen molar-refractivity contribution in [3.8, 4) is 0 Å². The number of rotatable bonds is 4. The molecule has 0 bridgehead atoms. The van der Waals surface area contributed by atoms with Crippen LogP contribution in [0.1, 0.15) is 36.8 Å². The monoisotopic (exact) mass is 236 g/mol. The number of aromatic carboxylic acids is 1. The van der Waals surface area contributed by atoms with Crippen LogP contribution in [0, 0.1) is 12.8 Å². The van der Waals surface area contributed by atoms with Crippen LogP contribution >= 0.6 is 0 Å². The molecule has 0 spiro atoms. The van der Waals surface area contributed by atoms with Crippen LogP contribution in [-0.2, 0) is 0 Å². The molecule has 17 heavy (non-hydrogen) atoms. The molecule has 1 aromatic rings. The molecule has 1 atom stereocenters. The Balaban J connectivity index is 3.09. The van der Waals surface area contributed by atoms with E-state index in [1.165, 1.54) is 0 Å². The fraction of sp³-hybridized carbons (Fsp3) is 0.538. The Morgan fingerprint density at radius 3 is 2.41 bits per heavy atom. The van der Waals surface area contributed by atoms with Crippen molar-refractivity contribution in [2.75, 3.05) is 11.9 Å². The summed E-state index contributed by atoms with van der Waals surface area (Å²) in [5, 5.41) is 9.02. The lowest BCUT2D eigenvalue weighted by Gasteiger charge is -2.29. The lowest BCUT2D eigenvalue weighted by Crippen LogP contribution is -2.34. The van der Waals surface area contributed by atoms with E-state index in [2.05, 4.69) is 25.8 Å². The highest BCUT2D eigenvalue weighted by Crippen LogP contribution is 2.19. The number of anilines is 1. The van der Waals surface area contributed by atoms with Gasteiger partial charge in [0.05, 0.1) is 5.56 Å². The maximum Gasteiger partial charge on any atom is 0.335 e. The summed E-state index contributed by atoms with van der Waals surface area (Å²) in [5.74, 6) is 0.279. The number of hydrogen-bond acceptors (Lipinski definition) is 3. The van der Waals surface area contributed by atoms with Gasteiger partial charge in [-0.05, 0) is 31.9 Å². The van der Waals surface area contributed by atoms with Crippen molar-refractivity contribution < 1.29 is 9.90 Å². The molecular weight excluding hydrogens is 216 g/mol. The van der Waals surface area contributed by atoms with Crippen LogP contribution in [0.25, 0.3) is 0 Å². The maximum absolute atomic E-state index is 11.0. The van der Waals surface area contributed by atoms with Gasteiger partial charge in [0.2, 0.25) is 0 Å². The molecule has 0 fully saturated rings. The third-order valence-electron chi connectivity index (χ3n) is 3.12. The number of pyridine rings is 1. The summed E-state index contributed by atoms with van der Waals surface area (Å²) < 4.78 is 0. The minimum atomic E-state index is -0.914. The van der Waals surface area contributed by atoms with Crippen LogP contribution in [0.15, 0.2) is 12.1 Å². The van der Waals surface area contributed by atoms with Gasteiger partial charge in [0.15, 0.2) is 0 Å². The predicted molar refractivity (Wildman–Crippen MR) is 68.6 cm³/mol. The second-order valence-corrected chi connectivity index (χ2v) is 4.76. The summed E-state index contributed by atoms with van der Waals surface area (Å²) in [6, 6.07) is 3.51. The van der Waals surface area contributed by atoms with Crippen molar-refractivity contribution >= 4 is 11.8 Å². The second-order valence-electron chi connectivity index (χ2n) is 4.76. The molecule has 0 radical (unpaired) electrons. The molecule has 1 rings (SSSR count). The largest absolute Gasteiger partial charge is 0.478 e. The van der Waals surface area contributed by atoms with Crippen LogP contribution in [0.5, 0.6) is 0 Å². The molecule has 0 aromatic carbocycles. The van der Waals surface area contributed by atoms with E-state index >= 15 is 0 Å². The van der Waals surface area contributed by atoms with E-state index in [9.17, 15) is 4.79 Å². The fourth-order valence-electron chi connectivity index (χ4n) is 1.61. The van der Waals surface area contributed by atoms with Gasteiger partial charge >= 0.3 is 5.97 Å². The minimum absolute atomic E-state index is 0.287. The van der Waals surface area contributed by atoms with E-state index in [0.717, 1.165) is 5.69 Å². The Morgan fingerprint density at radius 1 is 1.35 bits per heavy atom. The average Bonchev–Trinajstić information content (AvgIpc) is 2.25. The van der Waals surface area contributed by atoms with Crippen molar-refractivity contribution in [1.29, 1.82) is 0 Å². The molecule has 4 heteroatoms. The van der Waals surface area contributed by atoms with E-state index in [4.69, 9.17) is 5.11 Å². The molecular formula is C13H20N2O2. The first-order chi connectivity index (χ1) is 7.82. The van der Waals surface area contributed by atoms with Crippen molar-refractivity contribution in [3.63, 3.8) is 0 Å². The highest BCUT2D eigenvalue weighted by molar-refractivity contribution is 5.88. The van der Waals surface area contributed by atoms with Crippen LogP contribution in [0.2, 0.25) is 0 Å². The molecule has 94 valence electrons. The summed E-state index contributed by atoms with van der Waals surface area (Å²) in [5.41, 5.74) is 1.01. The first-order valence-corrected chi connectivity index (χ1v) is 5.77. The molecule has 0 saturated carbocycles. The highest BCUT2D eigenvalue weighted by Gasteiger charge is 2.16. The summed E-state index contributed by atoms with van der Waals surface area (Å²) >= 11 is 0. The highest BCUT2D eigenvalue weighted by atomic mass is 16.4. The molecule has 1 unspecified atom stereocenters. The standard InChI is InChI=1S/C13H20N2O2/c1-8(2)10(4)15(5)12-7-11(13(16)17)6-9(3)14-12/h6-8,10H,1-5H3,(H,16,17). The Kier molecular flexibility index (Phi) is 4.10. The van der Waals surface area contributed by atoms with Gasteiger partial charge in [0.25, 0.3) is 0 Å². The molecule has 0 saturated heterocycles. The zero-order valence-electron chi connectivity index (χ0n) is 11.1. The lowest BCUT2D eigenvalue weighted by molar-refractivity contribution is 0.0696. The van der Waals surface area contributed by atoms with Gasteiger partial charge in [-0.3, -0.25) is 0 Å². The van der Waals surface area contributed by atoms with Crippen LogP contribution in [0.3, 0.4) is 0 Å². The van der Waals surface area contributed by atoms with Gasteiger partial charge < -0.3 is 10.0 Å². The van der Waals surface area contributed by atoms with Gasteiger partial charge in [-0.25, -0.2) is 9.78 Å². The first kappa shape index (κ1) is 13.5. The number of nitrogens with zero attached hydrogens (tertiary/aromatic N) is 2. The fourth-order valence-corrected chi connectivity index (χ4v) is 1.61. The van der Waals surface area contributed by atoms with Gasteiger partial charge in [-0.1, -0.05) is 13.8 Å². The van der Waals surface area contributed by atoms with Crippen molar-refractivity contribution in [3.05, 3.63) is 23.4 Å². The minimum Gasteiger partial charge on any atom is -0.478 e. The molecule has 1 N–H and O–H groups in total. The summed E-state index contributed by atoms with van der Waals surface area (Å²) in [4.78, 5) is 17.4. The summed E-state index contributed by atoms with van der Waals surface area (Å²) in [6.45, 7) is 8.18. The van der Waals surface area contributed by atoms with Crippen LogP contribution in [0.4, 0.5) is 5.82 Å². The van der Waals surface area contributed by atoms with Crippen molar-refractivity contribution in [2.45, 2.75) is 33.7 Å². The molecule has 1 aromatic heterocycles. The predicted octanol–water partition coefficient (Wildman–Crippen LogP) is 2.57. The number of aryl methyl sites for hydroxylation is 1. The first-order valence-electron chi connectivity index (χ1n) is 5.77. The molecule has 0 aliphatic rings. The Morgan fingerprint density at radius 2 is 1.94 bits per heavy atom. The van der Waals surface area contributed by atoms with Gasteiger partial charge in [0.1, 0.15) is 5.82 Å². The van der Waals surface area contributed by atoms with E-state index in [1.54, 1.807) is 12.1 Å². The number of aromatic nitrogens is 1. The van der Waals surface area contributed by atoms with E-state index < -0.39 is 5.97 Å². The number of hydrogen-bond donors (Lipinski definition) is 1. The average molecular weight is 236 g/mol. The SMILES string of the molecule is Cc1cc(C(=O)O)cc(N(C)C(C)C(C)C)n1. The van der Waals surface area contributed by atoms with Gasteiger partial charge in [-0.15, -0.1) is 0 Å². The normalized spacial score (nSPS) is 12.6. The van der Waals surface area contributed by atoms with Gasteiger partial charge in [-0.2, -0.15) is 0 Å². The van der Waals surface area contributed by atoms with E-state index in [0.29, 0.717) is 17.8 Å². The quantitative estimate of drug-likeness (QED) is 0.873. The zero-order chi connectivity index (χ0) is 13.2. The zero-order valence-corrected chi connectivity index (χ0v) is 11.1. The number of carboxylic acids is 1. The molecule has 0 aliphatic heterocycles. The van der Waals surface area contributed by atoms with Crippen molar-refractivity contribution in [1.82, 2.24) is 4.98 Å². The lowest BCUT2D eigenvalue weighted by atomic mass is 10.1. The Bertz CT molecular complexity index is 416. The smallest absolute Gasteiger partial charge is 0.335 e. The molecule has 0 aliphatic carbocycles. The van der Waals surface area contributed by atoms with Crippen LogP contribution in [-0.4, -0.2) is 29.1 Å². The van der Waals surface area contributed by atoms with E-state index in [1.807, 2.05) is 18.9 Å². The second kappa shape index (κ2) is 5.17. The summed E-state index contributed by atoms with van der Waals surface area (Å²) in [6.07, 6.45) is 0. The third-order valence-corrected chi connectivity index (χ3v) is 3.12. The topological polar surface area (TPSA) is 53.4 Å². The van der Waals surface area contributed by atoms with Crippen LogP contribution < -0.4 is 4.90 Å². The van der Waals surface area contributed by atoms with E-state index in [-0.39, 0.29) is 5.56 Å². The maximum atomic E-state index is 11.0. The van der Waals surface area contributed by atoms with Gasteiger partial charge in [0, 0.05) is 18.8 Å². The number of carbonyl (C=O) groups is 1. The molecule has 1 heterocycles. The molecule has 0 amide bonds. The van der Waals surface area contributed by atoms with Crippen molar-refractivity contribution in [2.24, 2.45) is 5.92 Å². The molecule has 4 nitrogen and oxygen atoms in total.